The molecule has 1 aromatic rings. The second-order valence-electron chi connectivity index (χ2n) is 4.87. The summed E-state index contributed by atoms with van der Waals surface area (Å²) in [6.45, 7) is -1.36. The van der Waals surface area contributed by atoms with E-state index >= 15 is 0 Å². The third-order valence-corrected chi connectivity index (χ3v) is 3.13. The molecular formula is C13H19NO9. The fraction of sp³-hybridized carbons (Fsp3) is 0.462. The lowest BCUT2D eigenvalue weighted by Crippen LogP contribution is -2.49. The normalized spacial score (nSPS) is 16.4. The van der Waals surface area contributed by atoms with E-state index < -0.39 is 60.7 Å². The van der Waals surface area contributed by atoms with Crippen LogP contribution in [0.1, 0.15) is 10.4 Å². The molecule has 0 radical (unpaired) electrons. The average Bonchev–Trinajstić information content (AvgIpc) is 2.54. The molecule has 4 atom stereocenters. The van der Waals surface area contributed by atoms with Crippen molar-refractivity contribution in [2.75, 3.05) is 13.2 Å². The Morgan fingerprint density at radius 3 is 1.91 bits per heavy atom. The van der Waals surface area contributed by atoms with Crippen molar-refractivity contribution in [1.82, 2.24) is 5.32 Å². The molecule has 0 spiro atoms. The Morgan fingerprint density at radius 1 is 0.957 bits per heavy atom. The highest BCUT2D eigenvalue weighted by Gasteiger charge is 2.30. The molecule has 0 aromatic heterocycles. The molecule has 0 aliphatic rings. The molecule has 0 saturated heterocycles. The van der Waals surface area contributed by atoms with Gasteiger partial charge in [-0.3, -0.25) is 4.79 Å². The molecule has 10 heteroatoms. The van der Waals surface area contributed by atoms with Crippen molar-refractivity contribution in [3.63, 3.8) is 0 Å². The standard InChI is InChI=1S/C13H19NO9/c15-4-9(19)12(22)11(21)8(18)3-14-13(23)5-1-6(16)10(20)7(17)2-5/h1-2,8-9,11-12,15-22H,3-4H2,(H,14,23)/t8-,9?,11?,12-/m1/s1. The predicted octanol–water partition coefficient (Wildman–Crippen LogP) is -3.03. The van der Waals surface area contributed by atoms with Crippen LogP contribution in [0.2, 0.25) is 0 Å². The maximum atomic E-state index is 11.8. The highest BCUT2D eigenvalue weighted by molar-refractivity contribution is 5.95. The van der Waals surface area contributed by atoms with Crippen LogP contribution in [-0.2, 0) is 0 Å². The Hall–Kier alpha value is -2.11. The van der Waals surface area contributed by atoms with Crippen molar-refractivity contribution in [3.8, 4) is 17.2 Å². The van der Waals surface area contributed by atoms with Crippen molar-refractivity contribution >= 4 is 5.91 Å². The van der Waals surface area contributed by atoms with Crippen LogP contribution in [0.15, 0.2) is 12.1 Å². The molecule has 2 unspecified atom stereocenters. The number of amides is 1. The van der Waals surface area contributed by atoms with Gasteiger partial charge in [0.2, 0.25) is 0 Å². The van der Waals surface area contributed by atoms with E-state index in [1.54, 1.807) is 0 Å². The van der Waals surface area contributed by atoms with E-state index in [1.165, 1.54) is 0 Å². The molecule has 9 N–H and O–H groups in total. The number of aliphatic hydroxyl groups excluding tert-OH is 5. The first kappa shape index (κ1) is 18.9. The van der Waals surface area contributed by atoms with Gasteiger partial charge in [0.1, 0.15) is 18.3 Å². The molecule has 23 heavy (non-hydrogen) atoms. The van der Waals surface area contributed by atoms with E-state index in [2.05, 4.69) is 5.32 Å². The van der Waals surface area contributed by atoms with E-state index in [0.717, 1.165) is 12.1 Å². The van der Waals surface area contributed by atoms with Crippen LogP contribution in [-0.4, -0.2) is 84.3 Å². The Kier molecular flexibility index (Phi) is 6.54. The van der Waals surface area contributed by atoms with Crippen molar-refractivity contribution in [2.24, 2.45) is 0 Å². The van der Waals surface area contributed by atoms with Gasteiger partial charge < -0.3 is 46.2 Å². The first-order valence-electron chi connectivity index (χ1n) is 6.55. The fourth-order valence-electron chi connectivity index (χ4n) is 1.72. The van der Waals surface area contributed by atoms with Gasteiger partial charge in [0.25, 0.3) is 5.91 Å². The molecule has 1 aromatic carbocycles. The van der Waals surface area contributed by atoms with Crippen molar-refractivity contribution in [3.05, 3.63) is 17.7 Å². The number of carbonyl (C=O) groups excluding carboxylic acids is 1. The smallest absolute Gasteiger partial charge is 0.251 e. The van der Waals surface area contributed by atoms with E-state index in [1.807, 2.05) is 0 Å². The molecule has 1 amide bonds. The summed E-state index contributed by atoms with van der Waals surface area (Å²) in [6, 6.07) is 1.75. The monoisotopic (exact) mass is 333 g/mol. The predicted molar refractivity (Wildman–Crippen MR) is 74.9 cm³/mol. The molecule has 1 rings (SSSR count). The first-order chi connectivity index (χ1) is 10.7. The van der Waals surface area contributed by atoms with Gasteiger partial charge in [0.15, 0.2) is 17.2 Å². The van der Waals surface area contributed by atoms with Crippen molar-refractivity contribution in [1.29, 1.82) is 0 Å². The number of nitrogens with one attached hydrogen (secondary N) is 1. The number of hydrogen-bond acceptors (Lipinski definition) is 9. The van der Waals surface area contributed by atoms with Gasteiger partial charge in [-0.05, 0) is 12.1 Å². The quantitative estimate of drug-likeness (QED) is 0.233. The summed E-state index contributed by atoms with van der Waals surface area (Å²) >= 11 is 0. The SMILES string of the molecule is O=C(NC[C@@H](O)C(O)[C@H](O)C(O)CO)c1cc(O)c(O)c(O)c1. The maximum absolute atomic E-state index is 11.8. The Labute approximate surface area is 130 Å². The van der Waals surface area contributed by atoms with E-state index in [4.69, 9.17) is 15.3 Å². The van der Waals surface area contributed by atoms with Crippen LogP contribution >= 0.6 is 0 Å². The summed E-state index contributed by atoms with van der Waals surface area (Å²) < 4.78 is 0. The number of aliphatic hydroxyl groups is 5. The lowest BCUT2D eigenvalue weighted by molar-refractivity contribution is -0.113. The minimum atomic E-state index is -1.83. The minimum absolute atomic E-state index is 0.226. The zero-order chi connectivity index (χ0) is 17.7. The highest BCUT2D eigenvalue weighted by atomic mass is 16.4. The van der Waals surface area contributed by atoms with Crippen LogP contribution in [0, 0.1) is 0 Å². The Bertz CT molecular complexity index is 527. The zero-order valence-corrected chi connectivity index (χ0v) is 11.9. The van der Waals surface area contributed by atoms with E-state index in [-0.39, 0.29) is 5.56 Å². The van der Waals surface area contributed by atoms with E-state index in [0.29, 0.717) is 0 Å². The molecule has 10 nitrogen and oxygen atoms in total. The lowest BCUT2D eigenvalue weighted by atomic mass is 10.0. The summed E-state index contributed by atoms with van der Waals surface area (Å²) in [7, 11) is 0. The molecular weight excluding hydrogens is 314 g/mol. The minimum Gasteiger partial charge on any atom is -0.504 e. The number of aromatic hydroxyl groups is 3. The van der Waals surface area contributed by atoms with Gasteiger partial charge in [0, 0.05) is 12.1 Å². The number of rotatable bonds is 7. The lowest BCUT2D eigenvalue weighted by Gasteiger charge is -2.25. The van der Waals surface area contributed by atoms with Crippen LogP contribution in [0.4, 0.5) is 0 Å². The largest absolute Gasteiger partial charge is 0.504 e. The maximum Gasteiger partial charge on any atom is 0.251 e. The summed E-state index contributed by atoms with van der Waals surface area (Å²) in [5.41, 5.74) is -0.226. The molecule has 0 aliphatic carbocycles. The second-order valence-corrected chi connectivity index (χ2v) is 4.87. The van der Waals surface area contributed by atoms with Gasteiger partial charge in [-0.25, -0.2) is 0 Å². The van der Waals surface area contributed by atoms with Crippen molar-refractivity contribution in [2.45, 2.75) is 24.4 Å². The first-order valence-corrected chi connectivity index (χ1v) is 6.55. The van der Waals surface area contributed by atoms with Gasteiger partial charge in [-0.2, -0.15) is 0 Å². The zero-order valence-electron chi connectivity index (χ0n) is 11.9. The molecule has 0 bridgehead atoms. The number of benzene rings is 1. The summed E-state index contributed by atoms with van der Waals surface area (Å²) in [4.78, 5) is 11.8. The van der Waals surface area contributed by atoms with Gasteiger partial charge in [-0.15, -0.1) is 0 Å². The van der Waals surface area contributed by atoms with E-state index in [9.17, 15) is 30.3 Å². The molecule has 0 fully saturated rings. The topological polar surface area (TPSA) is 191 Å². The number of phenols is 3. The van der Waals surface area contributed by atoms with Crippen LogP contribution < -0.4 is 5.32 Å². The molecule has 0 heterocycles. The third-order valence-electron chi connectivity index (χ3n) is 3.13. The molecule has 0 aliphatic heterocycles. The number of phenolic OH excluding ortho intramolecular Hbond substituents is 3. The Balaban J connectivity index is 2.65. The van der Waals surface area contributed by atoms with Gasteiger partial charge in [-0.1, -0.05) is 0 Å². The summed E-state index contributed by atoms with van der Waals surface area (Å²) in [6.07, 6.45) is -6.98. The molecule has 130 valence electrons. The number of hydrogen-bond donors (Lipinski definition) is 9. The van der Waals surface area contributed by atoms with Gasteiger partial charge >= 0.3 is 0 Å². The molecule has 0 saturated carbocycles. The van der Waals surface area contributed by atoms with Crippen molar-refractivity contribution < 1.29 is 45.6 Å². The highest BCUT2D eigenvalue weighted by Crippen LogP contribution is 2.35. The van der Waals surface area contributed by atoms with Crippen LogP contribution in [0.3, 0.4) is 0 Å². The van der Waals surface area contributed by atoms with Crippen LogP contribution in [0.5, 0.6) is 17.2 Å². The average molecular weight is 333 g/mol. The summed E-state index contributed by atoms with van der Waals surface area (Å²) in [5, 5.41) is 76.3. The van der Waals surface area contributed by atoms with Crippen LogP contribution in [0.25, 0.3) is 0 Å². The van der Waals surface area contributed by atoms with Gasteiger partial charge in [0.05, 0.1) is 12.7 Å². The third kappa shape index (κ3) is 4.68. The Morgan fingerprint density at radius 2 is 1.43 bits per heavy atom. The second kappa shape index (κ2) is 7.94. The summed E-state index contributed by atoms with van der Waals surface area (Å²) in [5.74, 6) is -3.09. The fourth-order valence-corrected chi connectivity index (χ4v) is 1.72. The number of carbonyl (C=O) groups is 1.